The lowest BCUT2D eigenvalue weighted by atomic mass is 9.87. The normalized spacial score (nSPS) is 18.4. The first kappa shape index (κ1) is 22.6. The minimum absolute atomic E-state index is 0.115. The zero-order valence-electron chi connectivity index (χ0n) is 16.1. The van der Waals surface area contributed by atoms with E-state index in [0.29, 0.717) is 43.8 Å². The van der Waals surface area contributed by atoms with E-state index in [1.165, 1.54) is 0 Å². The summed E-state index contributed by atoms with van der Waals surface area (Å²) >= 11 is 5.16. The summed E-state index contributed by atoms with van der Waals surface area (Å²) in [5.41, 5.74) is 9.49. The molecule has 0 aliphatic carbocycles. The van der Waals surface area contributed by atoms with Gasteiger partial charge in [-0.1, -0.05) is 17.2 Å². The average Bonchev–Trinajstić information content (AvgIpc) is 2.68. The lowest BCUT2D eigenvalue weighted by Gasteiger charge is -2.31. The van der Waals surface area contributed by atoms with Gasteiger partial charge in [-0.3, -0.25) is 4.79 Å². The third kappa shape index (κ3) is 7.31. The highest BCUT2D eigenvalue weighted by molar-refractivity contribution is 7.80. The summed E-state index contributed by atoms with van der Waals surface area (Å²) in [6.45, 7) is 3.80. The maximum atomic E-state index is 12.8. The molecule has 2 rings (SSSR count). The number of rotatable bonds is 11. The zero-order chi connectivity index (χ0) is 21.1. The molecule has 0 bridgehead atoms. The Hall–Kier alpha value is -2.72. The van der Waals surface area contributed by atoms with Gasteiger partial charge in [0.2, 0.25) is 5.91 Å². The minimum atomic E-state index is -0.562. The van der Waals surface area contributed by atoms with E-state index in [9.17, 15) is 9.90 Å². The van der Waals surface area contributed by atoms with Crippen LogP contribution >= 0.6 is 12.2 Å². The third-order valence-corrected chi connectivity index (χ3v) is 4.38. The van der Waals surface area contributed by atoms with Gasteiger partial charge >= 0.3 is 0 Å². The van der Waals surface area contributed by atoms with Crippen LogP contribution in [0.25, 0.3) is 10.4 Å². The summed E-state index contributed by atoms with van der Waals surface area (Å²) in [6, 6.07) is 6.29. The Morgan fingerprint density at radius 3 is 2.86 bits per heavy atom. The molecular weight excluding hydrogens is 396 g/mol. The molecule has 0 spiro atoms. The number of aliphatic imine (C=N–C) groups is 1. The maximum absolute atomic E-state index is 12.8. The number of phenols is 1. The minimum Gasteiger partial charge on any atom is -0.508 e. The molecule has 11 heteroatoms. The summed E-state index contributed by atoms with van der Waals surface area (Å²) in [6.07, 6.45) is 0. The number of benzene rings is 1. The molecule has 0 saturated heterocycles. The van der Waals surface area contributed by atoms with E-state index in [1.807, 2.05) is 6.07 Å². The summed E-state index contributed by atoms with van der Waals surface area (Å²) in [7, 11) is 0. The smallest absolute Gasteiger partial charge is 0.231 e. The van der Waals surface area contributed by atoms with E-state index in [-0.39, 0.29) is 18.2 Å². The van der Waals surface area contributed by atoms with Crippen molar-refractivity contribution in [1.29, 1.82) is 0 Å². The number of nitrogens with zero attached hydrogens (tertiary/aromatic N) is 4. The van der Waals surface area contributed by atoms with Gasteiger partial charge in [0.05, 0.1) is 32.5 Å². The average molecular weight is 420 g/mol. The Kier molecular flexibility index (Phi) is 9.32. The molecular formula is C18H24N6O4S. The van der Waals surface area contributed by atoms with Crippen LogP contribution in [0.1, 0.15) is 18.5 Å². The van der Waals surface area contributed by atoms with Gasteiger partial charge in [-0.2, -0.15) is 0 Å². The highest BCUT2D eigenvalue weighted by Gasteiger charge is 2.35. The second-order valence-electron chi connectivity index (χ2n) is 6.22. The quantitative estimate of drug-likeness (QED) is 0.164. The molecule has 2 atom stereocenters. The van der Waals surface area contributed by atoms with E-state index < -0.39 is 12.0 Å². The van der Waals surface area contributed by atoms with Gasteiger partial charge < -0.3 is 25.2 Å². The second-order valence-corrected chi connectivity index (χ2v) is 6.61. The molecule has 2 unspecified atom stereocenters. The van der Waals surface area contributed by atoms with Crippen LogP contribution in [-0.4, -0.2) is 61.4 Å². The van der Waals surface area contributed by atoms with Crippen LogP contribution in [0.2, 0.25) is 0 Å². The van der Waals surface area contributed by atoms with Crippen molar-refractivity contribution >= 4 is 28.9 Å². The van der Waals surface area contributed by atoms with Crippen molar-refractivity contribution in [3.05, 3.63) is 40.3 Å². The number of amides is 1. The van der Waals surface area contributed by atoms with E-state index >= 15 is 0 Å². The van der Waals surface area contributed by atoms with Crippen molar-refractivity contribution < 1.29 is 19.4 Å². The fourth-order valence-electron chi connectivity index (χ4n) is 2.88. The van der Waals surface area contributed by atoms with Crippen molar-refractivity contribution in [2.24, 2.45) is 16.0 Å². The first-order valence-corrected chi connectivity index (χ1v) is 9.52. The Balaban J connectivity index is 1.81. The van der Waals surface area contributed by atoms with Crippen molar-refractivity contribution in [3.8, 4) is 5.75 Å². The molecule has 1 amide bonds. The highest BCUT2D eigenvalue weighted by Crippen LogP contribution is 2.29. The lowest BCUT2D eigenvalue weighted by Crippen LogP contribution is -2.48. The zero-order valence-corrected chi connectivity index (χ0v) is 16.9. The Bertz CT molecular complexity index is 796. The molecule has 29 heavy (non-hydrogen) atoms. The number of aromatic hydroxyl groups is 1. The van der Waals surface area contributed by atoms with Crippen LogP contribution in [0.4, 0.5) is 0 Å². The summed E-state index contributed by atoms with van der Waals surface area (Å²) in [4.78, 5) is 19.6. The fraction of sp³-hybridized carbons (Fsp3) is 0.500. The molecule has 0 saturated carbocycles. The third-order valence-electron chi connectivity index (χ3n) is 4.17. The van der Waals surface area contributed by atoms with E-state index in [4.69, 9.17) is 27.2 Å². The van der Waals surface area contributed by atoms with Gasteiger partial charge in [-0.15, -0.1) is 0 Å². The summed E-state index contributed by atoms with van der Waals surface area (Å²) in [5, 5.41) is 19.3. The lowest BCUT2D eigenvalue weighted by molar-refractivity contribution is -0.124. The predicted octanol–water partition coefficient (Wildman–Crippen LogP) is 1.86. The number of carbonyl (C=O) groups is 1. The van der Waals surface area contributed by atoms with E-state index in [2.05, 4.69) is 25.7 Å². The molecule has 1 aromatic rings. The first-order chi connectivity index (χ1) is 14.0. The molecule has 0 radical (unpaired) electrons. The predicted molar refractivity (Wildman–Crippen MR) is 112 cm³/mol. The molecule has 1 aliphatic heterocycles. The van der Waals surface area contributed by atoms with Gasteiger partial charge in [-0.25, -0.2) is 4.99 Å². The number of ether oxygens (including phenoxy) is 2. The monoisotopic (exact) mass is 420 g/mol. The number of hydrogen-bond donors (Lipinski definition) is 3. The highest BCUT2D eigenvalue weighted by atomic mass is 32.1. The maximum Gasteiger partial charge on any atom is 0.231 e. The van der Waals surface area contributed by atoms with Gasteiger partial charge in [0.1, 0.15) is 11.7 Å². The largest absolute Gasteiger partial charge is 0.508 e. The Morgan fingerprint density at radius 1 is 1.38 bits per heavy atom. The molecule has 0 fully saturated rings. The second kappa shape index (κ2) is 12.0. The molecule has 1 heterocycles. The van der Waals surface area contributed by atoms with Crippen molar-refractivity contribution in [2.75, 3.05) is 39.5 Å². The number of hydrogen-bond acceptors (Lipinski definition) is 6. The van der Waals surface area contributed by atoms with Crippen molar-refractivity contribution in [3.63, 3.8) is 0 Å². The van der Waals surface area contributed by atoms with Crippen LogP contribution in [0.15, 0.2) is 34.4 Å². The summed E-state index contributed by atoms with van der Waals surface area (Å²) < 4.78 is 10.6. The van der Waals surface area contributed by atoms with Crippen LogP contribution in [0, 0.1) is 5.92 Å². The standard InChI is InChI=1S/C18H24N6O4S/c1-12-15(16(23-18(29)22-12)13-3-2-4-14(25)11-13)17(26)20-5-7-27-9-10-28-8-6-21-24-19/h2-4,11,15-16,25H,5-10H2,1H3,(H,20,26)(H,23,29). The van der Waals surface area contributed by atoms with Gasteiger partial charge in [0.15, 0.2) is 5.11 Å². The van der Waals surface area contributed by atoms with E-state index in [0.717, 1.165) is 5.56 Å². The van der Waals surface area contributed by atoms with E-state index in [1.54, 1.807) is 25.1 Å². The molecule has 10 nitrogen and oxygen atoms in total. The SMILES string of the molecule is CC1=NC(=S)NC(c2cccc(O)c2)C1C(=O)NCCOCCOCCN=[N+]=[N-]. The topological polar surface area (TPSA) is 141 Å². The van der Waals surface area contributed by atoms with Crippen LogP contribution in [0.3, 0.4) is 0 Å². The number of nitrogens with one attached hydrogen (secondary N) is 2. The molecule has 1 aromatic carbocycles. The van der Waals surface area contributed by atoms with Gasteiger partial charge in [0, 0.05) is 23.7 Å². The van der Waals surface area contributed by atoms with Crippen LogP contribution < -0.4 is 10.6 Å². The molecule has 0 aromatic heterocycles. The van der Waals surface area contributed by atoms with Crippen molar-refractivity contribution in [1.82, 2.24) is 10.6 Å². The number of phenolic OH excluding ortho intramolecular Hbond substituents is 1. The van der Waals surface area contributed by atoms with Gasteiger partial charge in [-0.05, 0) is 42.4 Å². The molecule has 156 valence electrons. The number of thiocarbonyl (C=S) groups is 1. The van der Waals surface area contributed by atoms with Crippen LogP contribution in [0.5, 0.6) is 5.75 Å². The Morgan fingerprint density at radius 2 is 2.14 bits per heavy atom. The van der Waals surface area contributed by atoms with Gasteiger partial charge in [0.25, 0.3) is 0 Å². The molecule has 3 N–H and O–H groups in total. The van der Waals surface area contributed by atoms with Crippen LogP contribution in [-0.2, 0) is 14.3 Å². The first-order valence-electron chi connectivity index (χ1n) is 9.11. The number of azide groups is 1. The number of carbonyl (C=O) groups excluding carboxylic acids is 1. The molecule has 1 aliphatic rings. The fourth-order valence-corrected chi connectivity index (χ4v) is 3.15. The van der Waals surface area contributed by atoms with Crippen molar-refractivity contribution in [2.45, 2.75) is 13.0 Å². The summed E-state index contributed by atoms with van der Waals surface area (Å²) in [5.74, 6) is -0.652. The Labute approximate surface area is 173 Å².